The molecule has 36 valence electrons. The molecule has 0 aliphatic carbocycles. The summed E-state index contributed by atoms with van der Waals surface area (Å²) in [7, 11) is 13.4. The molecule has 5 heavy (non-hydrogen) atoms. The van der Waals surface area contributed by atoms with Crippen molar-refractivity contribution in [3.05, 3.63) is 0 Å². The van der Waals surface area contributed by atoms with Crippen molar-refractivity contribution in [1.82, 2.24) is 0 Å². The minimum absolute atomic E-state index is 0. The summed E-state index contributed by atoms with van der Waals surface area (Å²) in [5.74, 6) is 0. The summed E-state index contributed by atoms with van der Waals surface area (Å²) in [4.78, 5) is 0. The van der Waals surface area contributed by atoms with Crippen LogP contribution in [0.25, 0.3) is 0 Å². The van der Waals surface area contributed by atoms with Crippen molar-refractivity contribution in [3.8, 4) is 0 Å². The Balaban J connectivity index is 0. The average molecular weight is 375 g/mol. The Labute approximate surface area is 67.8 Å². The number of hydrogen-bond acceptors (Lipinski definition) is 0. The fourth-order valence-electron chi connectivity index (χ4n) is 0. The first-order valence-corrected chi connectivity index (χ1v) is 4.68. The monoisotopic (exact) mass is 374 g/mol. The molecule has 2 radical (unpaired) electrons. The van der Waals surface area contributed by atoms with E-state index < -0.39 is 10.9 Å². The first kappa shape index (κ1) is 10.3. The Kier molecular flexibility index (Phi) is 13.0. The van der Waals surface area contributed by atoms with E-state index in [0.717, 1.165) is 0 Å². The van der Waals surface area contributed by atoms with Gasteiger partial charge in [-0.15, -0.1) is 0 Å². The number of rotatable bonds is 0. The SMILES string of the molecule is [Cl][Co]([Cl])[Cl].[PbH2]. The molecule has 0 heterocycles. The van der Waals surface area contributed by atoms with E-state index in [1.807, 2.05) is 0 Å². The zero-order chi connectivity index (χ0) is 3.58. The Bertz CT molecular complexity index is 11.6. The third kappa shape index (κ3) is 22.0. The predicted octanol–water partition coefficient (Wildman–Crippen LogP) is 1.15. The van der Waals surface area contributed by atoms with Crippen LogP contribution in [0.5, 0.6) is 0 Å². The van der Waals surface area contributed by atoms with E-state index in [1.165, 1.54) is 0 Å². The second kappa shape index (κ2) is 6.30. The zero-order valence-electron chi connectivity index (χ0n) is 2.17. The Morgan fingerprint density at radius 2 is 1.00 bits per heavy atom. The van der Waals surface area contributed by atoms with E-state index in [-0.39, 0.29) is 27.3 Å². The van der Waals surface area contributed by atoms with Crippen molar-refractivity contribution in [1.29, 1.82) is 0 Å². The molecular formula is H2Cl3CoPb. The number of halogens is 3. The number of hydrogen-bond donors (Lipinski definition) is 0. The van der Waals surface area contributed by atoms with Gasteiger partial charge >= 0.3 is 68.7 Å². The van der Waals surface area contributed by atoms with Crippen LogP contribution >= 0.6 is 30.4 Å². The van der Waals surface area contributed by atoms with E-state index in [0.29, 0.717) is 0 Å². The molecule has 0 saturated heterocycles. The summed E-state index contributed by atoms with van der Waals surface area (Å²) in [6.45, 7) is 0. The zero-order valence-corrected chi connectivity index (χ0v) is 11.0. The molecule has 0 fully saturated rings. The third-order valence-corrected chi connectivity index (χ3v) is 0. The predicted molar refractivity (Wildman–Crippen MR) is 26.1 cm³/mol. The quantitative estimate of drug-likeness (QED) is 0.558. The van der Waals surface area contributed by atoms with Gasteiger partial charge in [-0.05, 0) is 0 Å². The third-order valence-electron chi connectivity index (χ3n) is 0. The van der Waals surface area contributed by atoms with Gasteiger partial charge in [0, 0.05) is 0 Å². The van der Waals surface area contributed by atoms with Gasteiger partial charge in [0.25, 0.3) is 0 Å². The van der Waals surface area contributed by atoms with Gasteiger partial charge in [-0.25, -0.2) is 0 Å². The van der Waals surface area contributed by atoms with Gasteiger partial charge < -0.3 is 0 Å². The topological polar surface area (TPSA) is 0 Å². The van der Waals surface area contributed by atoms with E-state index in [9.17, 15) is 0 Å². The summed E-state index contributed by atoms with van der Waals surface area (Å²) in [5, 5.41) is 0. The molecule has 0 saturated carbocycles. The van der Waals surface area contributed by atoms with Crippen molar-refractivity contribution in [2.75, 3.05) is 0 Å². The van der Waals surface area contributed by atoms with Crippen LogP contribution in [-0.2, 0) is 10.9 Å². The van der Waals surface area contributed by atoms with E-state index >= 15 is 0 Å². The Morgan fingerprint density at radius 1 is 1.00 bits per heavy atom. The van der Waals surface area contributed by atoms with E-state index in [4.69, 9.17) is 30.4 Å². The maximum atomic E-state index is 4.87. The summed E-state index contributed by atoms with van der Waals surface area (Å²) >= 11 is 0. The Hall–Kier alpha value is 2.30. The molecule has 0 aliphatic heterocycles. The van der Waals surface area contributed by atoms with Crippen molar-refractivity contribution < 1.29 is 10.9 Å². The van der Waals surface area contributed by atoms with Crippen LogP contribution < -0.4 is 0 Å². The van der Waals surface area contributed by atoms with Crippen LogP contribution in [0.3, 0.4) is 0 Å². The normalized spacial score (nSPS) is 9.00. The van der Waals surface area contributed by atoms with Crippen LogP contribution in [0.2, 0.25) is 0 Å². The van der Waals surface area contributed by atoms with Crippen molar-refractivity contribution in [2.24, 2.45) is 0 Å². The fourth-order valence-corrected chi connectivity index (χ4v) is 0. The van der Waals surface area contributed by atoms with Crippen LogP contribution in [0.1, 0.15) is 0 Å². The molecule has 0 nitrogen and oxygen atoms in total. The molecule has 0 aromatic carbocycles. The molecular weight excluding hydrogens is 372 g/mol. The second-order valence-corrected chi connectivity index (χ2v) is 5.30. The van der Waals surface area contributed by atoms with Gasteiger partial charge in [0.2, 0.25) is 0 Å². The molecule has 0 rings (SSSR count). The molecule has 0 atom stereocenters. The van der Waals surface area contributed by atoms with E-state index in [2.05, 4.69) is 0 Å². The first-order chi connectivity index (χ1) is 1.73. The summed E-state index contributed by atoms with van der Waals surface area (Å²) in [6.07, 6.45) is 0. The fraction of sp³-hybridized carbons (Fsp3) is 0. The maximum absolute atomic E-state index is 4.87. The van der Waals surface area contributed by atoms with Crippen LogP contribution in [0, 0.1) is 0 Å². The molecule has 0 aliphatic rings. The van der Waals surface area contributed by atoms with Gasteiger partial charge in [-0.1, -0.05) is 0 Å². The molecule has 0 spiro atoms. The molecule has 0 N–H and O–H groups in total. The van der Waals surface area contributed by atoms with Crippen molar-refractivity contribution >= 4 is 57.7 Å². The molecule has 0 unspecified atom stereocenters. The molecule has 0 aromatic rings. The van der Waals surface area contributed by atoms with Gasteiger partial charge in [-0.3, -0.25) is 0 Å². The van der Waals surface area contributed by atoms with Gasteiger partial charge in [0.15, 0.2) is 0 Å². The first-order valence-electron chi connectivity index (χ1n) is 0.378. The average Bonchev–Trinajstić information content (AvgIpc) is 0.811. The molecule has 0 amide bonds. The van der Waals surface area contributed by atoms with Gasteiger partial charge in [0.1, 0.15) is 0 Å². The molecule has 0 aromatic heterocycles. The summed E-state index contributed by atoms with van der Waals surface area (Å²) < 4.78 is 0. The second-order valence-electron chi connectivity index (χ2n) is 0.143. The molecule has 0 bridgehead atoms. The summed E-state index contributed by atoms with van der Waals surface area (Å²) in [6, 6.07) is 0. The van der Waals surface area contributed by atoms with Crippen molar-refractivity contribution in [2.45, 2.75) is 0 Å². The Morgan fingerprint density at radius 3 is 1.00 bits per heavy atom. The summed E-state index contributed by atoms with van der Waals surface area (Å²) in [5.41, 5.74) is 0. The van der Waals surface area contributed by atoms with Gasteiger partial charge in [-0.2, -0.15) is 0 Å². The molecule has 5 heteroatoms. The van der Waals surface area contributed by atoms with Crippen LogP contribution in [0.15, 0.2) is 0 Å². The van der Waals surface area contributed by atoms with Gasteiger partial charge in [0.05, 0.1) is 0 Å². The standard InChI is InChI=1S/3ClH.Co.Pb.2H/h3*1H;;;;/q;;;+3;;;/p-3. The van der Waals surface area contributed by atoms with Crippen LogP contribution in [0.4, 0.5) is 0 Å². The van der Waals surface area contributed by atoms with Crippen LogP contribution in [-0.4, -0.2) is 27.3 Å². The van der Waals surface area contributed by atoms with Crippen molar-refractivity contribution in [3.63, 3.8) is 0 Å². The van der Waals surface area contributed by atoms with E-state index in [1.54, 1.807) is 0 Å². The minimum atomic E-state index is -1.19.